The van der Waals surface area contributed by atoms with E-state index < -0.39 is 0 Å². The number of thioether (sulfide) groups is 1. The number of nitrogens with two attached hydrogens (primary N) is 1. The highest BCUT2D eigenvalue weighted by Gasteiger charge is 2.09. The van der Waals surface area contributed by atoms with Gasteiger partial charge in [0, 0.05) is 25.4 Å². The summed E-state index contributed by atoms with van der Waals surface area (Å²) in [6, 6.07) is 18.0. The molecule has 0 atom stereocenters. The van der Waals surface area contributed by atoms with Gasteiger partial charge in [-0.05, 0) is 29.7 Å². The second-order valence-electron chi connectivity index (χ2n) is 6.69. The first-order valence-electron chi connectivity index (χ1n) is 9.86. The van der Waals surface area contributed by atoms with Crippen molar-refractivity contribution in [3.8, 4) is 5.75 Å². The average Bonchev–Trinajstić information content (AvgIpc) is 2.77. The fourth-order valence-corrected chi connectivity index (χ4v) is 3.51. The monoisotopic (exact) mass is 412 g/mol. The number of amidine groups is 1. The van der Waals surface area contributed by atoms with Gasteiger partial charge in [0.15, 0.2) is 5.17 Å². The summed E-state index contributed by atoms with van der Waals surface area (Å²) >= 11 is 1.47. The molecule has 3 rings (SSSR count). The van der Waals surface area contributed by atoms with Crippen LogP contribution in [0, 0.1) is 0 Å². The number of rotatable bonds is 9. The zero-order chi connectivity index (χ0) is 20.2. The lowest BCUT2D eigenvalue weighted by atomic mass is 10.2. The Morgan fingerprint density at radius 2 is 1.97 bits per heavy atom. The Morgan fingerprint density at radius 3 is 2.79 bits per heavy atom. The van der Waals surface area contributed by atoms with Gasteiger partial charge in [0.05, 0.1) is 26.0 Å². The highest BCUT2D eigenvalue weighted by molar-refractivity contribution is 8.13. The molecule has 0 aromatic heterocycles. The molecule has 0 unspecified atom stereocenters. The predicted molar refractivity (Wildman–Crippen MR) is 121 cm³/mol. The van der Waals surface area contributed by atoms with E-state index in [-0.39, 0.29) is 0 Å². The first-order valence-corrected chi connectivity index (χ1v) is 10.8. The molecule has 7 heteroatoms. The molecule has 2 aromatic carbocycles. The Kier molecular flexibility index (Phi) is 9.03. The van der Waals surface area contributed by atoms with E-state index in [0.29, 0.717) is 11.8 Å². The molecule has 1 heterocycles. The maximum absolute atomic E-state index is 5.92. The van der Waals surface area contributed by atoms with E-state index in [9.17, 15) is 0 Å². The van der Waals surface area contributed by atoms with Crippen molar-refractivity contribution in [1.29, 1.82) is 0 Å². The van der Waals surface area contributed by atoms with Gasteiger partial charge in [-0.1, -0.05) is 54.2 Å². The van der Waals surface area contributed by atoms with E-state index in [1.807, 2.05) is 42.5 Å². The summed E-state index contributed by atoms with van der Waals surface area (Å²) in [5, 5.41) is 8.60. The van der Waals surface area contributed by atoms with E-state index >= 15 is 0 Å². The minimum atomic E-state index is 0.445. The Balaban J connectivity index is 1.40. The third-order valence-electron chi connectivity index (χ3n) is 4.44. The van der Waals surface area contributed by atoms with Crippen LogP contribution >= 0.6 is 11.8 Å². The third kappa shape index (κ3) is 8.27. The summed E-state index contributed by atoms with van der Waals surface area (Å²) in [5.41, 5.74) is 8.06. The predicted octanol–water partition coefficient (Wildman–Crippen LogP) is 3.37. The maximum atomic E-state index is 5.92. The van der Waals surface area contributed by atoms with Crippen molar-refractivity contribution < 1.29 is 9.47 Å². The summed E-state index contributed by atoms with van der Waals surface area (Å²) in [6.45, 7) is 5.43. The molecule has 0 aliphatic carbocycles. The highest BCUT2D eigenvalue weighted by atomic mass is 32.2. The van der Waals surface area contributed by atoms with Crippen molar-refractivity contribution in [2.75, 3.05) is 39.5 Å². The van der Waals surface area contributed by atoms with E-state index in [4.69, 9.17) is 15.2 Å². The number of hydrogen-bond donors (Lipinski definition) is 1. The molecular formula is C22H28N4O2S. The zero-order valence-corrected chi connectivity index (χ0v) is 17.4. The molecule has 0 amide bonds. The Morgan fingerprint density at radius 1 is 1.14 bits per heavy atom. The standard InChI is InChI=1S/C22H28N4O2S/c23-22(29-18-19-6-2-1-3-7-19)25-24-17-20-8-4-9-21(16-20)28-13-5-10-26-11-14-27-15-12-26/h1-4,6-9,16-17H,5,10-15,18H2,(H2,23,25). The van der Waals surface area contributed by atoms with Crippen LogP contribution in [0.25, 0.3) is 0 Å². The van der Waals surface area contributed by atoms with Crippen LogP contribution in [0.4, 0.5) is 0 Å². The topological polar surface area (TPSA) is 72.4 Å². The number of benzene rings is 2. The molecule has 1 aliphatic heterocycles. The second kappa shape index (κ2) is 12.3. The summed E-state index contributed by atoms with van der Waals surface area (Å²) in [4.78, 5) is 2.41. The minimum absolute atomic E-state index is 0.445. The average molecular weight is 413 g/mol. The van der Waals surface area contributed by atoms with Crippen LogP contribution in [0.3, 0.4) is 0 Å². The fraction of sp³-hybridized carbons (Fsp3) is 0.364. The first kappa shape index (κ1) is 21.4. The van der Waals surface area contributed by atoms with Gasteiger partial charge in [-0.2, -0.15) is 5.10 Å². The lowest BCUT2D eigenvalue weighted by Crippen LogP contribution is -2.37. The van der Waals surface area contributed by atoms with Gasteiger partial charge in [-0.3, -0.25) is 4.90 Å². The Hall–Kier alpha value is -2.35. The molecule has 2 N–H and O–H groups in total. The van der Waals surface area contributed by atoms with E-state index in [1.54, 1.807) is 6.21 Å². The molecule has 154 valence electrons. The summed E-state index contributed by atoms with van der Waals surface area (Å²) in [7, 11) is 0. The van der Waals surface area contributed by atoms with Gasteiger partial charge in [0.25, 0.3) is 0 Å². The smallest absolute Gasteiger partial charge is 0.180 e. The first-order chi connectivity index (χ1) is 14.3. The third-order valence-corrected chi connectivity index (χ3v) is 5.30. The normalized spacial score (nSPS) is 15.7. The van der Waals surface area contributed by atoms with Gasteiger partial charge in [0.2, 0.25) is 0 Å². The second-order valence-corrected chi connectivity index (χ2v) is 7.68. The van der Waals surface area contributed by atoms with Gasteiger partial charge in [-0.15, -0.1) is 5.10 Å². The van der Waals surface area contributed by atoms with Crippen LogP contribution in [-0.2, 0) is 10.5 Å². The molecule has 0 bridgehead atoms. The van der Waals surface area contributed by atoms with Gasteiger partial charge >= 0.3 is 0 Å². The SMILES string of the molecule is NC(=NN=Cc1cccc(OCCCN2CCOCC2)c1)SCc1ccccc1. The number of ether oxygens (including phenoxy) is 2. The lowest BCUT2D eigenvalue weighted by molar-refractivity contribution is 0.0358. The number of hydrogen-bond acceptors (Lipinski definition) is 6. The van der Waals surface area contributed by atoms with Crippen LogP contribution in [-0.4, -0.2) is 55.7 Å². The molecule has 0 radical (unpaired) electrons. The maximum Gasteiger partial charge on any atom is 0.180 e. The van der Waals surface area contributed by atoms with Crippen molar-refractivity contribution in [2.45, 2.75) is 12.2 Å². The van der Waals surface area contributed by atoms with Crippen molar-refractivity contribution >= 4 is 23.1 Å². The van der Waals surface area contributed by atoms with Crippen LogP contribution in [0.1, 0.15) is 17.5 Å². The highest BCUT2D eigenvalue weighted by Crippen LogP contribution is 2.14. The molecule has 1 fully saturated rings. The van der Waals surface area contributed by atoms with E-state index in [1.165, 1.54) is 17.3 Å². The van der Waals surface area contributed by atoms with Gasteiger partial charge in [0.1, 0.15) is 5.75 Å². The fourth-order valence-electron chi connectivity index (χ4n) is 2.90. The Bertz CT molecular complexity index is 792. The molecular weight excluding hydrogens is 384 g/mol. The lowest BCUT2D eigenvalue weighted by Gasteiger charge is -2.26. The van der Waals surface area contributed by atoms with Crippen LogP contribution < -0.4 is 10.5 Å². The molecule has 0 saturated carbocycles. The van der Waals surface area contributed by atoms with E-state index in [0.717, 1.165) is 56.3 Å². The van der Waals surface area contributed by atoms with Crippen molar-refractivity contribution in [3.05, 3.63) is 65.7 Å². The van der Waals surface area contributed by atoms with Gasteiger partial charge < -0.3 is 15.2 Å². The van der Waals surface area contributed by atoms with Crippen molar-refractivity contribution in [1.82, 2.24) is 4.90 Å². The van der Waals surface area contributed by atoms with Crippen LogP contribution in [0.5, 0.6) is 5.75 Å². The summed E-state index contributed by atoms with van der Waals surface area (Å²) in [5.74, 6) is 1.62. The minimum Gasteiger partial charge on any atom is -0.494 e. The van der Waals surface area contributed by atoms with Crippen molar-refractivity contribution in [2.24, 2.45) is 15.9 Å². The molecule has 29 heavy (non-hydrogen) atoms. The molecule has 1 saturated heterocycles. The van der Waals surface area contributed by atoms with Gasteiger partial charge in [-0.25, -0.2) is 0 Å². The Labute approximate surface area is 176 Å². The molecule has 1 aliphatic rings. The molecule has 0 spiro atoms. The molecule has 2 aromatic rings. The quantitative estimate of drug-likeness (QED) is 0.296. The van der Waals surface area contributed by atoms with Crippen LogP contribution in [0.15, 0.2) is 64.8 Å². The number of morpholine rings is 1. The van der Waals surface area contributed by atoms with Crippen LogP contribution in [0.2, 0.25) is 0 Å². The summed E-state index contributed by atoms with van der Waals surface area (Å²) in [6.07, 6.45) is 2.69. The zero-order valence-electron chi connectivity index (χ0n) is 16.6. The van der Waals surface area contributed by atoms with Crippen molar-refractivity contribution in [3.63, 3.8) is 0 Å². The number of nitrogens with zero attached hydrogens (tertiary/aromatic N) is 3. The molecule has 6 nitrogen and oxygen atoms in total. The van der Waals surface area contributed by atoms with E-state index in [2.05, 4.69) is 27.2 Å². The largest absolute Gasteiger partial charge is 0.494 e. The summed E-state index contributed by atoms with van der Waals surface area (Å²) < 4.78 is 11.2.